The van der Waals surface area contributed by atoms with Crippen molar-refractivity contribution in [2.75, 3.05) is 4.90 Å². The van der Waals surface area contributed by atoms with Gasteiger partial charge in [0.2, 0.25) is 0 Å². The minimum absolute atomic E-state index is 0.142. The van der Waals surface area contributed by atoms with Crippen molar-refractivity contribution in [3.8, 4) is 11.1 Å². The molecule has 0 heterocycles. The van der Waals surface area contributed by atoms with Gasteiger partial charge in [0.05, 0.1) is 0 Å². The van der Waals surface area contributed by atoms with E-state index < -0.39 is 0 Å². The van der Waals surface area contributed by atoms with Crippen LogP contribution in [0.3, 0.4) is 0 Å². The highest BCUT2D eigenvalue weighted by atomic mass is 15.1. The average Bonchev–Trinajstić information content (AvgIpc) is 3.69. The minimum Gasteiger partial charge on any atom is -0.314 e. The van der Waals surface area contributed by atoms with Crippen molar-refractivity contribution >= 4 is 33.7 Å². The molecule has 0 aliphatic heterocycles. The second kappa shape index (κ2) is 12.9. The van der Waals surface area contributed by atoms with E-state index in [4.69, 9.17) is 0 Å². The Kier molecular flexibility index (Phi) is 7.81. The first-order valence-corrected chi connectivity index (χ1v) is 19.6. The van der Waals surface area contributed by atoms with Crippen LogP contribution >= 0.6 is 0 Å². The molecular weight excluding hydrogens is 651 g/mol. The predicted molar refractivity (Wildman–Crippen MR) is 229 cm³/mol. The number of benzene rings is 5. The highest BCUT2D eigenvalue weighted by molar-refractivity contribution is 5.91. The van der Waals surface area contributed by atoms with E-state index in [-0.39, 0.29) is 5.41 Å². The van der Waals surface area contributed by atoms with Gasteiger partial charge in [0, 0.05) is 22.5 Å². The Morgan fingerprint density at radius 1 is 0.611 bits per heavy atom. The molecule has 0 unspecified atom stereocenters. The fraction of sp³-hybridized carbons (Fsp3) is 0.170. The number of nitrogens with zero attached hydrogens (tertiary/aromatic N) is 1. The zero-order valence-corrected chi connectivity index (χ0v) is 31.3. The Bertz CT molecular complexity index is 2560. The van der Waals surface area contributed by atoms with Gasteiger partial charge in [-0.3, -0.25) is 0 Å². The summed E-state index contributed by atoms with van der Waals surface area (Å²) in [4.78, 5) is 2.52. The third kappa shape index (κ3) is 5.37. The molecule has 0 spiro atoms. The molecule has 0 saturated heterocycles. The van der Waals surface area contributed by atoms with Gasteiger partial charge in [-0.25, -0.2) is 0 Å². The second-order valence-electron chi connectivity index (χ2n) is 16.0. The van der Waals surface area contributed by atoms with Crippen molar-refractivity contribution in [3.63, 3.8) is 0 Å². The van der Waals surface area contributed by atoms with Crippen LogP contribution in [0.4, 0.5) is 11.4 Å². The highest BCUT2D eigenvalue weighted by Gasteiger charge is 2.38. The molecule has 0 amide bonds. The SMILES string of the molecule is C=C1/C=C\C2=C(Cc3ccccc31)c1ccc(N(C3=CC=C(c4ccccc4)CC3)c3ccc(-c4cccc5c4CC4=C5C=CCC4)cc3)cc1C2(C)C. The van der Waals surface area contributed by atoms with Gasteiger partial charge in [-0.1, -0.05) is 147 Å². The minimum atomic E-state index is -0.142. The topological polar surface area (TPSA) is 3.24 Å². The number of fused-ring (bicyclic) bond motifs is 5. The van der Waals surface area contributed by atoms with Gasteiger partial charge in [0.25, 0.3) is 0 Å². The number of allylic oxidation sites excluding steroid dienone is 13. The van der Waals surface area contributed by atoms with E-state index in [0.717, 1.165) is 37.7 Å². The summed E-state index contributed by atoms with van der Waals surface area (Å²) in [6, 6.07) is 43.1. The van der Waals surface area contributed by atoms with Crippen molar-refractivity contribution in [1.29, 1.82) is 0 Å². The Balaban J connectivity index is 1.05. The molecule has 5 aromatic rings. The second-order valence-corrected chi connectivity index (χ2v) is 16.0. The van der Waals surface area contributed by atoms with Gasteiger partial charge in [0.15, 0.2) is 0 Å². The van der Waals surface area contributed by atoms with Gasteiger partial charge in [0.1, 0.15) is 0 Å². The standard InChI is InChI=1S/C53H45N/c1-35-20-31-51-50(33-39-14-7-9-16-44(35)39)48-30-29-43(34-52(48)53(51,2)3)54(41-25-21-37(22-26-41)36-12-5-4-6-13-36)42-27-23-38(24-28-42)45-18-11-19-47-46-17-10-8-15-40(46)32-49(45)47/h4-7,9-14,16-21,23-25,27-31,34H,1,8,15,22,26,32-33H2,2-3H3/b31-20-. The monoisotopic (exact) mass is 695 g/mol. The van der Waals surface area contributed by atoms with Gasteiger partial charge in [-0.15, -0.1) is 0 Å². The molecule has 0 saturated carbocycles. The van der Waals surface area contributed by atoms with Crippen molar-refractivity contribution in [3.05, 3.63) is 214 Å². The zero-order chi connectivity index (χ0) is 36.4. The molecule has 10 rings (SSSR count). The number of hydrogen-bond acceptors (Lipinski definition) is 1. The molecular formula is C53H45N. The van der Waals surface area contributed by atoms with Crippen LogP contribution in [0.1, 0.15) is 78.5 Å². The first kappa shape index (κ1) is 32.7. The molecule has 5 aromatic carbocycles. The van der Waals surface area contributed by atoms with E-state index in [2.05, 4.69) is 177 Å². The van der Waals surface area contributed by atoms with Crippen molar-refractivity contribution in [1.82, 2.24) is 0 Å². The lowest BCUT2D eigenvalue weighted by Gasteiger charge is -2.32. The third-order valence-electron chi connectivity index (χ3n) is 12.6. The molecule has 1 nitrogen and oxygen atoms in total. The van der Waals surface area contributed by atoms with Crippen LogP contribution in [0.25, 0.3) is 33.4 Å². The molecule has 54 heavy (non-hydrogen) atoms. The summed E-state index contributed by atoms with van der Waals surface area (Å²) in [6.07, 6.45) is 20.2. The van der Waals surface area contributed by atoms with Crippen LogP contribution < -0.4 is 4.90 Å². The van der Waals surface area contributed by atoms with Crippen LogP contribution in [-0.4, -0.2) is 0 Å². The first-order chi connectivity index (χ1) is 26.4. The summed E-state index contributed by atoms with van der Waals surface area (Å²) in [6.45, 7) is 9.24. The van der Waals surface area contributed by atoms with E-state index in [1.54, 1.807) is 5.57 Å². The van der Waals surface area contributed by atoms with Crippen LogP contribution in [0, 0.1) is 0 Å². The van der Waals surface area contributed by atoms with Crippen LogP contribution in [0.2, 0.25) is 0 Å². The molecule has 0 N–H and O–H groups in total. The molecule has 5 aliphatic carbocycles. The van der Waals surface area contributed by atoms with E-state index in [1.807, 2.05) is 0 Å². The van der Waals surface area contributed by atoms with Crippen LogP contribution in [0.5, 0.6) is 0 Å². The van der Waals surface area contributed by atoms with Gasteiger partial charge in [-0.2, -0.15) is 0 Å². The van der Waals surface area contributed by atoms with E-state index in [0.29, 0.717) is 0 Å². The van der Waals surface area contributed by atoms with E-state index in [9.17, 15) is 0 Å². The Morgan fingerprint density at radius 3 is 2.22 bits per heavy atom. The van der Waals surface area contributed by atoms with Crippen molar-refractivity contribution < 1.29 is 0 Å². The molecule has 0 atom stereocenters. The van der Waals surface area contributed by atoms with Crippen molar-refractivity contribution in [2.45, 2.75) is 57.8 Å². The highest BCUT2D eigenvalue weighted by Crippen LogP contribution is 2.51. The van der Waals surface area contributed by atoms with Crippen molar-refractivity contribution in [2.24, 2.45) is 0 Å². The summed E-state index contributed by atoms with van der Waals surface area (Å²) in [5.41, 5.74) is 24.2. The summed E-state index contributed by atoms with van der Waals surface area (Å²) in [5.74, 6) is 0. The molecule has 0 aromatic heterocycles. The number of rotatable bonds is 5. The number of anilines is 2. The fourth-order valence-electron chi connectivity index (χ4n) is 9.73. The third-order valence-corrected chi connectivity index (χ3v) is 12.6. The molecule has 262 valence electrons. The molecule has 0 radical (unpaired) electrons. The Labute approximate surface area is 320 Å². The van der Waals surface area contributed by atoms with Crippen LogP contribution in [0.15, 0.2) is 175 Å². The smallest absolute Gasteiger partial charge is 0.0461 e. The molecule has 0 bridgehead atoms. The van der Waals surface area contributed by atoms with Gasteiger partial charge >= 0.3 is 0 Å². The largest absolute Gasteiger partial charge is 0.314 e. The maximum Gasteiger partial charge on any atom is 0.0461 e. The van der Waals surface area contributed by atoms with Gasteiger partial charge in [-0.05, 0) is 147 Å². The zero-order valence-electron chi connectivity index (χ0n) is 31.3. The molecule has 0 fully saturated rings. The predicted octanol–water partition coefficient (Wildman–Crippen LogP) is 13.8. The van der Waals surface area contributed by atoms with Gasteiger partial charge < -0.3 is 4.90 Å². The maximum atomic E-state index is 4.44. The summed E-state index contributed by atoms with van der Waals surface area (Å²) in [7, 11) is 0. The summed E-state index contributed by atoms with van der Waals surface area (Å²) >= 11 is 0. The summed E-state index contributed by atoms with van der Waals surface area (Å²) in [5, 5.41) is 0. The first-order valence-electron chi connectivity index (χ1n) is 19.6. The fourth-order valence-corrected chi connectivity index (χ4v) is 9.73. The molecule has 1 heteroatoms. The lowest BCUT2D eigenvalue weighted by molar-refractivity contribution is 0.653. The van der Waals surface area contributed by atoms with E-state index >= 15 is 0 Å². The Morgan fingerprint density at radius 2 is 1.39 bits per heavy atom. The Hall–Kier alpha value is -5.92. The average molecular weight is 696 g/mol. The lowest BCUT2D eigenvalue weighted by atomic mass is 9.79. The number of hydrogen-bond donors (Lipinski definition) is 0. The summed E-state index contributed by atoms with van der Waals surface area (Å²) < 4.78 is 0. The lowest BCUT2D eigenvalue weighted by Crippen LogP contribution is -2.20. The quantitative estimate of drug-likeness (QED) is 0.177. The maximum absolute atomic E-state index is 4.44. The van der Waals surface area contributed by atoms with E-state index in [1.165, 1.54) is 95.9 Å². The van der Waals surface area contributed by atoms with Crippen LogP contribution in [-0.2, 0) is 18.3 Å². The normalized spacial score (nSPS) is 18.4. The molecule has 5 aliphatic rings.